The van der Waals surface area contributed by atoms with Crippen LogP contribution in [0.25, 0.3) is 11.0 Å². The first kappa shape index (κ1) is 18.9. The lowest BCUT2D eigenvalue weighted by molar-refractivity contribution is -0.119. The number of H-pyrrole nitrogens is 1. The molecule has 4 rings (SSSR count). The predicted molar refractivity (Wildman–Crippen MR) is 115 cm³/mol. The van der Waals surface area contributed by atoms with Gasteiger partial charge in [0.25, 0.3) is 0 Å². The lowest BCUT2D eigenvalue weighted by atomic mass is 9.88. The molecular weight excluding hydrogens is 370 g/mol. The van der Waals surface area contributed by atoms with Crippen LogP contribution in [0.3, 0.4) is 0 Å². The monoisotopic (exact) mass is 395 g/mol. The summed E-state index contributed by atoms with van der Waals surface area (Å²) in [5, 5.41) is 3.19. The second kappa shape index (κ2) is 8.69. The van der Waals surface area contributed by atoms with Gasteiger partial charge in [0.05, 0.1) is 22.8 Å². The van der Waals surface area contributed by atoms with Gasteiger partial charge in [-0.2, -0.15) is 11.8 Å². The summed E-state index contributed by atoms with van der Waals surface area (Å²) in [6, 6.07) is 16.3. The van der Waals surface area contributed by atoms with Gasteiger partial charge in [-0.15, -0.1) is 0 Å². The summed E-state index contributed by atoms with van der Waals surface area (Å²) in [6.45, 7) is 0.660. The fraction of sp³-hybridized carbons (Fsp3) is 0.364. The minimum absolute atomic E-state index is 0.0695. The van der Waals surface area contributed by atoms with Crippen LogP contribution < -0.4 is 11.0 Å². The molecule has 3 aromatic rings. The molecule has 1 unspecified atom stereocenters. The van der Waals surface area contributed by atoms with E-state index in [4.69, 9.17) is 0 Å². The normalized spacial score (nSPS) is 16.1. The Kier molecular flexibility index (Phi) is 5.86. The number of thioether (sulfide) groups is 1. The first-order valence-corrected chi connectivity index (χ1v) is 11.0. The van der Waals surface area contributed by atoms with Crippen LogP contribution in [0.2, 0.25) is 0 Å². The molecule has 0 aliphatic heterocycles. The van der Waals surface area contributed by atoms with Crippen molar-refractivity contribution in [2.45, 2.75) is 38.3 Å². The number of carbonyl (C=O) groups is 1. The summed E-state index contributed by atoms with van der Waals surface area (Å²) in [7, 11) is 0. The Bertz CT molecular complexity index is 1020. The van der Waals surface area contributed by atoms with E-state index in [-0.39, 0.29) is 17.6 Å². The van der Waals surface area contributed by atoms with Gasteiger partial charge in [0.2, 0.25) is 5.91 Å². The Balaban J connectivity index is 1.23. The second-order valence-electron chi connectivity index (χ2n) is 7.22. The fourth-order valence-electron chi connectivity index (χ4n) is 3.96. The summed E-state index contributed by atoms with van der Waals surface area (Å²) < 4.78 is 1.77. The molecule has 1 atom stereocenters. The molecule has 0 spiro atoms. The van der Waals surface area contributed by atoms with Crippen molar-refractivity contribution in [2.24, 2.45) is 0 Å². The largest absolute Gasteiger partial charge is 0.349 e. The van der Waals surface area contributed by atoms with Crippen molar-refractivity contribution >= 4 is 28.7 Å². The molecule has 0 saturated carbocycles. The maximum atomic E-state index is 12.3. The number of aromatic amines is 1. The molecule has 0 fully saturated rings. The average Bonchev–Trinajstić information content (AvgIpc) is 3.03. The van der Waals surface area contributed by atoms with Crippen LogP contribution in [0.1, 0.15) is 36.4 Å². The van der Waals surface area contributed by atoms with Gasteiger partial charge < -0.3 is 10.3 Å². The molecule has 1 aliphatic rings. The number of imidazole rings is 1. The van der Waals surface area contributed by atoms with Crippen LogP contribution in [0.5, 0.6) is 0 Å². The molecular formula is C22H25N3O2S. The van der Waals surface area contributed by atoms with Crippen molar-refractivity contribution in [2.75, 3.05) is 11.5 Å². The van der Waals surface area contributed by atoms with Crippen LogP contribution in [0.4, 0.5) is 0 Å². The topological polar surface area (TPSA) is 66.9 Å². The van der Waals surface area contributed by atoms with E-state index >= 15 is 0 Å². The standard InChI is InChI=1S/C22H25N3O2S/c26-21(23-18-11-5-8-16-7-1-2-9-17(16)18)15-28-14-6-13-25-20-12-4-3-10-19(20)24-22(25)27/h1-4,7,9-10,12,18H,5-6,8,11,13-15H2,(H,23,26)(H,24,27). The average molecular weight is 396 g/mol. The molecule has 2 N–H and O–H groups in total. The van der Waals surface area contributed by atoms with E-state index in [9.17, 15) is 9.59 Å². The molecule has 1 heterocycles. The Morgan fingerprint density at radius 3 is 2.93 bits per heavy atom. The van der Waals surface area contributed by atoms with E-state index in [1.807, 2.05) is 30.3 Å². The summed E-state index contributed by atoms with van der Waals surface area (Å²) in [4.78, 5) is 27.3. The van der Waals surface area contributed by atoms with Crippen molar-refractivity contribution in [3.63, 3.8) is 0 Å². The van der Waals surface area contributed by atoms with E-state index in [2.05, 4.69) is 28.5 Å². The number of hydrogen-bond acceptors (Lipinski definition) is 3. The maximum absolute atomic E-state index is 12.3. The molecule has 1 aliphatic carbocycles. The first-order chi connectivity index (χ1) is 13.7. The van der Waals surface area contributed by atoms with Crippen LogP contribution in [-0.2, 0) is 17.8 Å². The molecule has 1 amide bonds. The maximum Gasteiger partial charge on any atom is 0.326 e. The lowest BCUT2D eigenvalue weighted by Crippen LogP contribution is -2.32. The van der Waals surface area contributed by atoms with Crippen molar-refractivity contribution in [3.05, 3.63) is 70.1 Å². The molecule has 0 bridgehead atoms. The Hall–Kier alpha value is -2.47. The highest BCUT2D eigenvalue weighted by Crippen LogP contribution is 2.29. The zero-order valence-corrected chi connectivity index (χ0v) is 16.6. The van der Waals surface area contributed by atoms with Crippen molar-refractivity contribution in [3.8, 4) is 0 Å². The Morgan fingerprint density at radius 1 is 1.18 bits per heavy atom. The SMILES string of the molecule is O=C(CSCCCn1c(=O)[nH]c2ccccc21)NC1CCCc2ccccc21. The number of benzene rings is 2. The van der Waals surface area contributed by atoms with E-state index in [0.717, 1.165) is 42.5 Å². The van der Waals surface area contributed by atoms with Gasteiger partial charge in [-0.1, -0.05) is 36.4 Å². The first-order valence-electron chi connectivity index (χ1n) is 9.85. The zero-order valence-electron chi connectivity index (χ0n) is 15.8. The minimum atomic E-state index is -0.0695. The molecule has 146 valence electrons. The number of para-hydroxylation sites is 2. The Labute approximate surface area is 168 Å². The summed E-state index contributed by atoms with van der Waals surface area (Å²) in [5.74, 6) is 1.40. The molecule has 1 aromatic heterocycles. The number of aromatic nitrogens is 2. The number of amides is 1. The number of aryl methyl sites for hydroxylation is 2. The quantitative estimate of drug-likeness (QED) is 0.600. The highest BCUT2D eigenvalue weighted by molar-refractivity contribution is 7.99. The second-order valence-corrected chi connectivity index (χ2v) is 8.32. The van der Waals surface area contributed by atoms with E-state index in [0.29, 0.717) is 12.3 Å². The highest BCUT2D eigenvalue weighted by Gasteiger charge is 2.21. The van der Waals surface area contributed by atoms with E-state index in [1.54, 1.807) is 16.3 Å². The van der Waals surface area contributed by atoms with Gasteiger partial charge in [-0.3, -0.25) is 9.36 Å². The van der Waals surface area contributed by atoms with Gasteiger partial charge >= 0.3 is 5.69 Å². The number of fused-ring (bicyclic) bond motifs is 2. The number of rotatable bonds is 7. The molecule has 6 heteroatoms. The van der Waals surface area contributed by atoms with Gasteiger partial charge in [0.1, 0.15) is 0 Å². The molecule has 0 radical (unpaired) electrons. The number of nitrogens with one attached hydrogen (secondary N) is 2. The minimum Gasteiger partial charge on any atom is -0.349 e. The molecule has 5 nitrogen and oxygen atoms in total. The van der Waals surface area contributed by atoms with E-state index in [1.165, 1.54) is 11.1 Å². The van der Waals surface area contributed by atoms with Crippen LogP contribution >= 0.6 is 11.8 Å². The zero-order chi connectivity index (χ0) is 19.3. The third-order valence-corrected chi connectivity index (χ3v) is 6.33. The van der Waals surface area contributed by atoms with Crippen LogP contribution in [0.15, 0.2) is 53.3 Å². The summed E-state index contributed by atoms with van der Waals surface area (Å²) >= 11 is 1.63. The van der Waals surface area contributed by atoms with Gasteiger partial charge in [0.15, 0.2) is 0 Å². The summed E-state index contributed by atoms with van der Waals surface area (Å²) in [6.07, 6.45) is 4.09. The fourth-order valence-corrected chi connectivity index (χ4v) is 4.70. The third-order valence-electron chi connectivity index (χ3n) is 5.29. The van der Waals surface area contributed by atoms with Gasteiger partial charge in [0, 0.05) is 6.54 Å². The third kappa shape index (κ3) is 4.17. The molecule has 0 saturated heterocycles. The summed E-state index contributed by atoms with van der Waals surface area (Å²) in [5.41, 5.74) is 4.36. The van der Waals surface area contributed by atoms with Gasteiger partial charge in [-0.05, 0) is 54.7 Å². The highest BCUT2D eigenvalue weighted by atomic mass is 32.2. The smallest absolute Gasteiger partial charge is 0.326 e. The number of hydrogen-bond donors (Lipinski definition) is 2. The number of carbonyl (C=O) groups excluding carboxylic acids is 1. The predicted octanol–water partition coefficient (Wildman–Crippen LogP) is 3.65. The molecule has 2 aromatic carbocycles. The molecule has 28 heavy (non-hydrogen) atoms. The van der Waals surface area contributed by atoms with E-state index < -0.39 is 0 Å². The van der Waals surface area contributed by atoms with Crippen LogP contribution in [0, 0.1) is 0 Å². The van der Waals surface area contributed by atoms with Crippen molar-refractivity contribution in [1.29, 1.82) is 0 Å². The Morgan fingerprint density at radius 2 is 2.00 bits per heavy atom. The van der Waals surface area contributed by atoms with Crippen molar-refractivity contribution in [1.82, 2.24) is 14.9 Å². The van der Waals surface area contributed by atoms with Gasteiger partial charge in [-0.25, -0.2) is 4.79 Å². The lowest BCUT2D eigenvalue weighted by Gasteiger charge is -2.26. The number of nitrogens with zero attached hydrogens (tertiary/aromatic N) is 1. The van der Waals surface area contributed by atoms with Crippen molar-refractivity contribution < 1.29 is 4.79 Å². The van der Waals surface area contributed by atoms with Crippen LogP contribution in [-0.4, -0.2) is 27.0 Å².